The Kier molecular flexibility index (Phi) is 5.93. The molecule has 1 saturated carbocycles. The second kappa shape index (κ2) is 8.01. The molecule has 4 atom stereocenters. The molecular weight excluding hydrogens is 376 g/mol. The van der Waals surface area contributed by atoms with E-state index in [1.807, 2.05) is 5.38 Å². The molecule has 0 radical (unpaired) electrons. The van der Waals surface area contributed by atoms with Crippen LogP contribution >= 0.6 is 11.3 Å². The molecule has 0 unspecified atom stereocenters. The van der Waals surface area contributed by atoms with Crippen LogP contribution in [0.3, 0.4) is 0 Å². The van der Waals surface area contributed by atoms with E-state index in [1.54, 1.807) is 18.3 Å². The molecule has 7 nitrogen and oxygen atoms in total. The number of nitrogens with zero attached hydrogens (tertiary/aromatic N) is 1. The highest BCUT2D eigenvalue weighted by atomic mass is 32.2. The molecule has 9 heteroatoms. The molecule has 0 spiro atoms. The first-order valence-electron chi connectivity index (χ1n) is 8.25. The second-order valence-electron chi connectivity index (χ2n) is 6.44. The Morgan fingerprint density at radius 2 is 2.00 bits per heavy atom. The van der Waals surface area contributed by atoms with E-state index in [0.29, 0.717) is 18.7 Å². The molecule has 0 saturated heterocycles. The van der Waals surface area contributed by atoms with Crippen LogP contribution < -0.4 is 10.1 Å². The summed E-state index contributed by atoms with van der Waals surface area (Å²) in [5.41, 5.74) is 0. The van der Waals surface area contributed by atoms with Crippen molar-refractivity contribution >= 4 is 21.2 Å². The van der Waals surface area contributed by atoms with Gasteiger partial charge in [0.1, 0.15) is 10.8 Å². The van der Waals surface area contributed by atoms with Gasteiger partial charge in [-0.05, 0) is 30.7 Å². The van der Waals surface area contributed by atoms with E-state index < -0.39 is 22.0 Å². The summed E-state index contributed by atoms with van der Waals surface area (Å²) in [4.78, 5) is 4.41. The summed E-state index contributed by atoms with van der Waals surface area (Å²) >= 11 is 1.53. The zero-order valence-corrected chi connectivity index (χ0v) is 15.9. The minimum absolute atomic E-state index is 0.214. The monoisotopic (exact) mass is 398 g/mol. The van der Waals surface area contributed by atoms with Crippen molar-refractivity contribution in [2.45, 2.75) is 36.1 Å². The van der Waals surface area contributed by atoms with Gasteiger partial charge in [-0.2, -0.15) is 0 Å². The zero-order chi connectivity index (χ0) is 18.7. The molecule has 3 N–H and O–H groups in total. The molecule has 3 rings (SSSR count). The number of thiazole rings is 1. The van der Waals surface area contributed by atoms with Gasteiger partial charge in [-0.25, -0.2) is 13.4 Å². The molecule has 26 heavy (non-hydrogen) atoms. The number of aliphatic hydroxyl groups excluding tert-OH is 2. The van der Waals surface area contributed by atoms with Gasteiger partial charge in [0.15, 0.2) is 9.84 Å². The quantitative estimate of drug-likeness (QED) is 0.634. The van der Waals surface area contributed by atoms with Crippen molar-refractivity contribution < 1.29 is 23.4 Å². The van der Waals surface area contributed by atoms with Crippen molar-refractivity contribution in [2.75, 3.05) is 12.9 Å². The van der Waals surface area contributed by atoms with Crippen LogP contribution in [0, 0.1) is 5.92 Å². The maximum absolute atomic E-state index is 11.5. The summed E-state index contributed by atoms with van der Waals surface area (Å²) in [6.45, 7) is 0.790. The van der Waals surface area contributed by atoms with Crippen molar-refractivity contribution in [3.8, 4) is 5.75 Å². The van der Waals surface area contributed by atoms with Crippen LogP contribution in [0.2, 0.25) is 0 Å². The van der Waals surface area contributed by atoms with Crippen LogP contribution in [0.1, 0.15) is 11.4 Å². The first-order valence-corrected chi connectivity index (χ1v) is 11.0. The third-order valence-electron chi connectivity index (χ3n) is 4.52. The number of aliphatic hydroxyl groups is 2. The number of ether oxygens (including phenoxy) is 1. The maximum atomic E-state index is 11.5. The SMILES string of the molecule is CS(=O)(=O)c1ccc(OC[C@H]2C[C@@H](NCc3nccs3)[C@H](O)[C@@H]2O)cc1. The Morgan fingerprint density at radius 1 is 1.27 bits per heavy atom. The fourth-order valence-electron chi connectivity index (χ4n) is 3.04. The third kappa shape index (κ3) is 4.60. The van der Waals surface area contributed by atoms with Crippen molar-refractivity contribution in [2.24, 2.45) is 5.92 Å². The average molecular weight is 399 g/mol. The first kappa shape index (κ1) is 19.2. The lowest BCUT2D eigenvalue weighted by Crippen LogP contribution is -2.39. The second-order valence-corrected chi connectivity index (χ2v) is 9.44. The number of hydrogen-bond acceptors (Lipinski definition) is 8. The molecule has 1 fully saturated rings. The van der Waals surface area contributed by atoms with E-state index >= 15 is 0 Å². The smallest absolute Gasteiger partial charge is 0.175 e. The Labute approximate surface area is 156 Å². The van der Waals surface area contributed by atoms with Crippen LogP contribution in [0.4, 0.5) is 0 Å². The molecule has 1 aliphatic carbocycles. The highest BCUT2D eigenvalue weighted by molar-refractivity contribution is 7.90. The van der Waals surface area contributed by atoms with E-state index in [0.717, 1.165) is 11.3 Å². The fraction of sp³-hybridized carbons (Fsp3) is 0.471. The number of sulfone groups is 1. The molecule has 0 bridgehead atoms. The third-order valence-corrected chi connectivity index (χ3v) is 6.42. The van der Waals surface area contributed by atoms with Gasteiger partial charge in [0.05, 0.1) is 23.7 Å². The van der Waals surface area contributed by atoms with Gasteiger partial charge in [-0.1, -0.05) is 0 Å². The molecule has 0 aliphatic heterocycles. The van der Waals surface area contributed by atoms with Gasteiger partial charge in [0, 0.05) is 36.3 Å². The minimum atomic E-state index is -3.24. The summed E-state index contributed by atoms with van der Waals surface area (Å²) in [7, 11) is -3.24. The van der Waals surface area contributed by atoms with Crippen LogP contribution in [0.25, 0.3) is 0 Å². The number of rotatable bonds is 7. The highest BCUT2D eigenvalue weighted by Gasteiger charge is 2.41. The van der Waals surface area contributed by atoms with Gasteiger partial charge in [0.2, 0.25) is 0 Å². The van der Waals surface area contributed by atoms with Gasteiger partial charge in [-0.15, -0.1) is 11.3 Å². The summed E-state index contributed by atoms with van der Waals surface area (Å²) in [6.07, 6.45) is 1.72. The van der Waals surface area contributed by atoms with E-state index in [9.17, 15) is 18.6 Å². The van der Waals surface area contributed by atoms with E-state index in [1.165, 1.54) is 23.5 Å². The molecule has 2 aromatic rings. The first-order chi connectivity index (χ1) is 12.3. The number of aromatic nitrogens is 1. The average Bonchev–Trinajstić information content (AvgIpc) is 3.21. The van der Waals surface area contributed by atoms with Crippen LogP contribution in [0.5, 0.6) is 5.75 Å². The number of hydrogen-bond donors (Lipinski definition) is 3. The van der Waals surface area contributed by atoms with Gasteiger partial charge in [0.25, 0.3) is 0 Å². The van der Waals surface area contributed by atoms with E-state index in [4.69, 9.17) is 4.74 Å². The highest BCUT2D eigenvalue weighted by Crippen LogP contribution is 2.28. The number of benzene rings is 1. The molecule has 142 valence electrons. The van der Waals surface area contributed by atoms with Crippen LogP contribution in [-0.2, 0) is 16.4 Å². The lowest BCUT2D eigenvalue weighted by molar-refractivity contribution is 0.00207. The Balaban J connectivity index is 1.53. The van der Waals surface area contributed by atoms with Crippen molar-refractivity contribution in [3.05, 3.63) is 40.8 Å². The van der Waals surface area contributed by atoms with Crippen molar-refractivity contribution in [1.29, 1.82) is 0 Å². The minimum Gasteiger partial charge on any atom is -0.493 e. The molecule has 1 heterocycles. The summed E-state index contributed by atoms with van der Waals surface area (Å²) in [5, 5.41) is 26.5. The Bertz CT molecular complexity index is 808. The summed E-state index contributed by atoms with van der Waals surface area (Å²) in [6, 6.07) is 5.93. The Morgan fingerprint density at radius 3 is 2.62 bits per heavy atom. The number of nitrogens with one attached hydrogen (secondary N) is 1. The molecule has 1 aliphatic rings. The molecular formula is C17H22N2O5S2. The predicted octanol–water partition coefficient (Wildman–Crippen LogP) is 0.825. The van der Waals surface area contributed by atoms with E-state index in [2.05, 4.69) is 10.3 Å². The predicted molar refractivity (Wildman–Crippen MR) is 97.9 cm³/mol. The maximum Gasteiger partial charge on any atom is 0.175 e. The molecule has 0 amide bonds. The molecule has 1 aromatic carbocycles. The molecule has 1 aromatic heterocycles. The summed E-state index contributed by atoms with van der Waals surface area (Å²) in [5.74, 6) is 0.312. The van der Waals surface area contributed by atoms with Crippen molar-refractivity contribution in [1.82, 2.24) is 10.3 Å². The van der Waals surface area contributed by atoms with Crippen LogP contribution in [0.15, 0.2) is 40.7 Å². The fourth-order valence-corrected chi connectivity index (χ4v) is 4.24. The normalized spacial score (nSPS) is 26.1. The zero-order valence-electron chi connectivity index (χ0n) is 14.3. The Hall–Kier alpha value is -1.52. The summed E-state index contributed by atoms with van der Waals surface area (Å²) < 4.78 is 28.6. The lowest BCUT2D eigenvalue weighted by Gasteiger charge is -2.18. The van der Waals surface area contributed by atoms with Crippen molar-refractivity contribution in [3.63, 3.8) is 0 Å². The van der Waals surface area contributed by atoms with Gasteiger partial charge < -0.3 is 20.3 Å². The van der Waals surface area contributed by atoms with Gasteiger partial charge in [-0.3, -0.25) is 0 Å². The standard InChI is InChI=1S/C17H22N2O5S2/c1-26(22,23)13-4-2-12(3-5-13)24-10-11-8-14(17(21)16(11)20)19-9-15-18-6-7-25-15/h2-7,11,14,16-17,19-21H,8-10H2,1H3/t11-,14-,16-,17+/m1/s1. The van der Waals surface area contributed by atoms with E-state index in [-0.39, 0.29) is 23.5 Å². The van der Waals surface area contributed by atoms with Gasteiger partial charge >= 0.3 is 0 Å². The largest absolute Gasteiger partial charge is 0.493 e. The van der Waals surface area contributed by atoms with Crippen LogP contribution in [-0.4, -0.2) is 54.7 Å². The topological polar surface area (TPSA) is 109 Å². The lowest BCUT2D eigenvalue weighted by atomic mass is 10.1.